The zero-order chi connectivity index (χ0) is 9.97. The van der Waals surface area contributed by atoms with E-state index < -0.39 is 5.97 Å². The lowest BCUT2D eigenvalue weighted by Crippen LogP contribution is -2.30. The molecule has 0 amide bonds. The molecule has 3 nitrogen and oxygen atoms in total. The van der Waals surface area contributed by atoms with Gasteiger partial charge in [0.25, 0.3) is 0 Å². The van der Waals surface area contributed by atoms with Crippen molar-refractivity contribution in [3.05, 3.63) is 29.8 Å². The SMILES string of the molecule is O=C(O)CNC1Cc2ccccc2S1. The number of hydrogen-bond acceptors (Lipinski definition) is 3. The molecule has 0 saturated carbocycles. The highest BCUT2D eigenvalue weighted by molar-refractivity contribution is 8.00. The number of thioether (sulfide) groups is 1. The van der Waals surface area contributed by atoms with Crippen LogP contribution >= 0.6 is 11.8 Å². The van der Waals surface area contributed by atoms with Crippen LogP contribution in [0.3, 0.4) is 0 Å². The second kappa shape index (κ2) is 4.02. The Morgan fingerprint density at radius 1 is 1.57 bits per heavy atom. The van der Waals surface area contributed by atoms with Crippen LogP contribution in [-0.2, 0) is 11.2 Å². The molecule has 74 valence electrons. The quantitative estimate of drug-likeness (QED) is 0.788. The van der Waals surface area contributed by atoms with E-state index in [4.69, 9.17) is 5.11 Å². The molecule has 1 aliphatic heterocycles. The molecule has 1 heterocycles. The highest BCUT2D eigenvalue weighted by Gasteiger charge is 2.21. The number of fused-ring (bicyclic) bond motifs is 1. The van der Waals surface area contributed by atoms with Gasteiger partial charge in [0.2, 0.25) is 0 Å². The van der Waals surface area contributed by atoms with Crippen molar-refractivity contribution in [2.45, 2.75) is 16.7 Å². The van der Waals surface area contributed by atoms with Gasteiger partial charge in [0.15, 0.2) is 0 Å². The molecule has 2 N–H and O–H groups in total. The zero-order valence-corrected chi connectivity index (χ0v) is 8.38. The lowest BCUT2D eigenvalue weighted by molar-refractivity contribution is -0.136. The lowest BCUT2D eigenvalue weighted by Gasteiger charge is -2.07. The summed E-state index contributed by atoms with van der Waals surface area (Å²) < 4.78 is 0. The van der Waals surface area contributed by atoms with Gasteiger partial charge in [0.05, 0.1) is 11.9 Å². The van der Waals surface area contributed by atoms with Crippen molar-refractivity contribution in [3.8, 4) is 0 Å². The fourth-order valence-electron chi connectivity index (χ4n) is 1.50. The predicted molar refractivity (Wildman–Crippen MR) is 55.4 cm³/mol. The largest absolute Gasteiger partial charge is 0.480 e. The molecular weight excluding hydrogens is 198 g/mol. The van der Waals surface area contributed by atoms with Gasteiger partial charge in [-0.25, -0.2) is 0 Å². The summed E-state index contributed by atoms with van der Waals surface area (Å²) in [6.07, 6.45) is 0.911. The van der Waals surface area contributed by atoms with Crippen LogP contribution in [0.4, 0.5) is 0 Å². The van der Waals surface area contributed by atoms with E-state index >= 15 is 0 Å². The number of carbonyl (C=O) groups is 1. The normalized spacial score (nSPS) is 19.3. The lowest BCUT2D eigenvalue weighted by atomic mass is 10.1. The van der Waals surface area contributed by atoms with Crippen molar-refractivity contribution in [1.29, 1.82) is 0 Å². The van der Waals surface area contributed by atoms with E-state index in [1.165, 1.54) is 10.5 Å². The predicted octanol–water partition coefficient (Wildman–Crippen LogP) is 1.34. The Balaban J connectivity index is 1.95. The second-order valence-corrected chi connectivity index (χ2v) is 4.44. The van der Waals surface area contributed by atoms with E-state index in [2.05, 4.69) is 17.4 Å². The molecule has 0 spiro atoms. The van der Waals surface area contributed by atoms with Gasteiger partial charge in [-0.3, -0.25) is 10.1 Å². The van der Waals surface area contributed by atoms with Gasteiger partial charge in [-0.1, -0.05) is 18.2 Å². The standard InChI is InChI=1S/C10H11NO2S/c12-10(13)6-11-9-5-7-3-1-2-4-8(7)14-9/h1-4,9,11H,5-6H2,(H,12,13). The van der Waals surface area contributed by atoms with Crippen molar-refractivity contribution >= 4 is 17.7 Å². The number of benzene rings is 1. The molecule has 1 unspecified atom stereocenters. The molecular formula is C10H11NO2S. The molecule has 1 atom stereocenters. The Bertz CT molecular complexity index is 329. The van der Waals surface area contributed by atoms with Crippen molar-refractivity contribution in [3.63, 3.8) is 0 Å². The van der Waals surface area contributed by atoms with Gasteiger partial charge in [-0.05, 0) is 18.1 Å². The third-order valence-electron chi connectivity index (χ3n) is 2.13. The van der Waals surface area contributed by atoms with Crippen molar-refractivity contribution in [2.75, 3.05) is 6.54 Å². The molecule has 1 aromatic rings. The summed E-state index contributed by atoms with van der Waals surface area (Å²) in [5.41, 5.74) is 1.31. The number of carboxylic acids is 1. The maximum Gasteiger partial charge on any atom is 0.317 e. The Morgan fingerprint density at radius 3 is 3.07 bits per heavy atom. The van der Waals surface area contributed by atoms with Gasteiger partial charge in [0.1, 0.15) is 0 Å². The number of hydrogen-bond donors (Lipinski definition) is 2. The summed E-state index contributed by atoms with van der Waals surface area (Å²) in [6, 6.07) is 8.18. The minimum absolute atomic E-state index is 0.0334. The van der Waals surface area contributed by atoms with Crippen LogP contribution in [0.2, 0.25) is 0 Å². The Labute approximate surface area is 86.5 Å². The van der Waals surface area contributed by atoms with Gasteiger partial charge in [0, 0.05) is 4.90 Å². The summed E-state index contributed by atoms with van der Waals surface area (Å²) >= 11 is 1.70. The fraction of sp³-hybridized carbons (Fsp3) is 0.300. The first-order valence-electron chi connectivity index (χ1n) is 4.45. The monoisotopic (exact) mass is 209 g/mol. The van der Waals surface area contributed by atoms with E-state index in [1.54, 1.807) is 11.8 Å². The number of carboxylic acid groups (broad SMARTS) is 1. The fourth-order valence-corrected chi connectivity index (χ4v) is 2.69. The van der Waals surface area contributed by atoms with Crippen LogP contribution in [0, 0.1) is 0 Å². The number of rotatable bonds is 3. The molecule has 0 radical (unpaired) electrons. The highest BCUT2D eigenvalue weighted by atomic mass is 32.2. The first-order chi connectivity index (χ1) is 6.75. The number of nitrogens with one attached hydrogen (secondary N) is 1. The molecule has 1 aromatic carbocycles. The van der Waals surface area contributed by atoms with E-state index in [9.17, 15) is 4.79 Å². The third kappa shape index (κ3) is 2.08. The molecule has 0 fully saturated rings. The van der Waals surface area contributed by atoms with Crippen LogP contribution in [0.15, 0.2) is 29.2 Å². The Kier molecular flexibility index (Phi) is 2.74. The molecule has 4 heteroatoms. The minimum atomic E-state index is -0.804. The average Bonchev–Trinajstić information content (AvgIpc) is 2.57. The molecule has 0 aromatic heterocycles. The van der Waals surface area contributed by atoms with E-state index in [0.29, 0.717) is 0 Å². The summed E-state index contributed by atoms with van der Waals surface area (Å²) in [4.78, 5) is 11.6. The first-order valence-corrected chi connectivity index (χ1v) is 5.33. The summed E-state index contributed by atoms with van der Waals surface area (Å²) in [5.74, 6) is -0.804. The van der Waals surface area contributed by atoms with Gasteiger partial charge in [-0.15, -0.1) is 11.8 Å². The van der Waals surface area contributed by atoms with E-state index in [-0.39, 0.29) is 11.9 Å². The Hall–Kier alpha value is -1.00. The topological polar surface area (TPSA) is 49.3 Å². The van der Waals surface area contributed by atoms with Gasteiger partial charge >= 0.3 is 5.97 Å². The van der Waals surface area contributed by atoms with Crippen molar-refractivity contribution in [2.24, 2.45) is 0 Å². The maximum absolute atomic E-state index is 10.4. The third-order valence-corrected chi connectivity index (χ3v) is 3.40. The van der Waals surface area contributed by atoms with Crippen LogP contribution in [0.1, 0.15) is 5.56 Å². The van der Waals surface area contributed by atoms with Gasteiger partial charge in [-0.2, -0.15) is 0 Å². The molecule has 1 aliphatic rings. The van der Waals surface area contributed by atoms with Crippen LogP contribution in [0.5, 0.6) is 0 Å². The van der Waals surface area contributed by atoms with Crippen LogP contribution < -0.4 is 5.32 Å². The highest BCUT2D eigenvalue weighted by Crippen LogP contribution is 2.35. The van der Waals surface area contributed by atoms with E-state index in [1.807, 2.05) is 12.1 Å². The summed E-state index contributed by atoms with van der Waals surface area (Å²) in [6.45, 7) is 0.0334. The molecule has 14 heavy (non-hydrogen) atoms. The van der Waals surface area contributed by atoms with Gasteiger partial charge < -0.3 is 5.11 Å². The van der Waals surface area contributed by atoms with Crippen LogP contribution in [-0.4, -0.2) is 23.0 Å². The maximum atomic E-state index is 10.4. The number of aliphatic carboxylic acids is 1. The molecule has 0 aliphatic carbocycles. The smallest absolute Gasteiger partial charge is 0.317 e. The molecule has 2 rings (SSSR count). The van der Waals surface area contributed by atoms with Crippen molar-refractivity contribution < 1.29 is 9.90 Å². The average molecular weight is 209 g/mol. The summed E-state index contributed by atoms with van der Waals surface area (Å²) in [5, 5.41) is 11.7. The second-order valence-electron chi connectivity index (χ2n) is 3.19. The van der Waals surface area contributed by atoms with Crippen LogP contribution in [0.25, 0.3) is 0 Å². The summed E-state index contributed by atoms with van der Waals surface area (Å²) in [7, 11) is 0. The minimum Gasteiger partial charge on any atom is -0.480 e. The Morgan fingerprint density at radius 2 is 2.36 bits per heavy atom. The first kappa shape index (κ1) is 9.55. The molecule has 0 saturated heterocycles. The molecule has 0 bridgehead atoms. The van der Waals surface area contributed by atoms with E-state index in [0.717, 1.165) is 6.42 Å². The zero-order valence-electron chi connectivity index (χ0n) is 7.56. The van der Waals surface area contributed by atoms with Crippen molar-refractivity contribution in [1.82, 2.24) is 5.32 Å².